The Hall–Kier alpha value is -3.53. The summed E-state index contributed by atoms with van der Waals surface area (Å²) < 4.78 is 37.0. The van der Waals surface area contributed by atoms with Crippen molar-refractivity contribution in [2.45, 2.75) is 25.7 Å². The van der Waals surface area contributed by atoms with Crippen LogP contribution in [0.4, 0.5) is 0 Å². The van der Waals surface area contributed by atoms with Crippen LogP contribution in [0.5, 0.6) is 23.0 Å². The second-order valence-electron chi connectivity index (χ2n) is 12.4. The van der Waals surface area contributed by atoms with Crippen LogP contribution < -0.4 is 87.8 Å². The first-order valence-electron chi connectivity index (χ1n) is 17.5. The molecule has 8 rings (SSSR count). The zero-order valence-corrected chi connectivity index (χ0v) is 36.3. The molecular weight excluding hydrogens is 795 g/mol. The van der Waals surface area contributed by atoms with Gasteiger partial charge in [0.15, 0.2) is 11.5 Å². The third-order valence-electron chi connectivity index (χ3n) is 8.69. The van der Waals surface area contributed by atoms with Crippen LogP contribution in [0.2, 0.25) is 0 Å². The van der Waals surface area contributed by atoms with E-state index in [9.17, 15) is 0 Å². The van der Waals surface area contributed by atoms with E-state index in [-0.39, 0.29) is 68.9 Å². The van der Waals surface area contributed by atoms with E-state index < -0.39 is 5.09 Å². The van der Waals surface area contributed by atoms with Gasteiger partial charge in [-0.05, 0) is 56.6 Å². The largest absolute Gasteiger partial charge is 1.00 e. The Morgan fingerprint density at radius 2 is 0.717 bits per heavy atom. The van der Waals surface area contributed by atoms with E-state index in [1.165, 1.54) is 44.5 Å². The molecule has 5 aromatic rings. The summed E-state index contributed by atoms with van der Waals surface area (Å²) in [5, 5.41) is 14.8. The minimum atomic E-state index is -1.75. The molecule has 10 bridgehead atoms. The molecule has 0 saturated carbocycles. The smallest absolute Gasteiger partial charge is 0.491 e. The summed E-state index contributed by atoms with van der Waals surface area (Å²) >= 11 is 0. The molecule has 3 aliphatic rings. The number of ether oxygens (including phenoxy) is 6. The SMILES string of the molecule is O=[N+]([O-])[O-].[Cs+].c1cc2cc(c1)Cc1cccc3c1OCCOCCOc1ccccc1OCCOCCOc1c(cccc1Cc1cccc(c1)C3)C2. The Labute approximate surface area is 368 Å². The summed E-state index contributed by atoms with van der Waals surface area (Å²) in [6.07, 6.45) is 3.09. The first-order valence-corrected chi connectivity index (χ1v) is 17.5. The van der Waals surface area contributed by atoms with Gasteiger partial charge in [-0.15, -0.1) is 0 Å². The van der Waals surface area contributed by atoms with Gasteiger partial charge >= 0.3 is 68.9 Å². The summed E-state index contributed by atoms with van der Waals surface area (Å²) in [6.45, 7) is 3.51. The molecule has 2 heterocycles. The van der Waals surface area contributed by atoms with Gasteiger partial charge in [-0.2, -0.15) is 0 Å². The van der Waals surface area contributed by atoms with E-state index in [1.54, 1.807) is 0 Å². The number of fused-ring (bicyclic) bond motifs is 12. The summed E-state index contributed by atoms with van der Waals surface area (Å²) in [5.41, 5.74) is 9.67. The molecular formula is C42H42CsNO9. The number of rotatable bonds is 0. The Morgan fingerprint density at radius 3 is 1.06 bits per heavy atom. The Balaban J connectivity index is 0.00000103. The molecule has 0 aromatic heterocycles. The minimum Gasteiger partial charge on any atom is -0.491 e. The van der Waals surface area contributed by atoms with Crippen LogP contribution in [0.15, 0.2) is 109 Å². The van der Waals surface area contributed by atoms with E-state index in [2.05, 4.69) is 84.9 Å². The van der Waals surface area contributed by atoms with E-state index in [1.807, 2.05) is 24.3 Å². The molecule has 0 saturated heterocycles. The van der Waals surface area contributed by atoms with E-state index in [0.717, 1.165) is 37.2 Å². The number of hydrogen-bond acceptors (Lipinski definition) is 9. The van der Waals surface area contributed by atoms with Gasteiger partial charge in [0.1, 0.15) is 37.9 Å². The van der Waals surface area contributed by atoms with Gasteiger partial charge in [0.25, 0.3) is 0 Å². The quantitative estimate of drug-likeness (QED) is 0.125. The summed E-state index contributed by atoms with van der Waals surface area (Å²) in [4.78, 5) is 8.25. The molecule has 5 aromatic carbocycles. The van der Waals surface area contributed by atoms with Gasteiger partial charge in [-0.25, -0.2) is 0 Å². The van der Waals surface area contributed by atoms with Crippen molar-refractivity contribution in [3.8, 4) is 23.0 Å². The maximum Gasteiger partial charge on any atom is 1.00 e. The van der Waals surface area contributed by atoms with Gasteiger partial charge in [-0.3, -0.25) is 0 Å². The zero-order valence-electron chi connectivity index (χ0n) is 30.0. The van der Waals surface area contributed by atoms with Gasteiger partial charge in [0.2, 0.25) is 0 Å². The molecule has 53 heavy (non-hydrogen) atoms. The Kier molecular flexibility index (Phi) is 16.4. The average molecular weight is 838 g/mol. The van der Waals surface area contributed by atoms with Crippen molar-refractivity contribution in [1.82, 2.24) is 0 Å². The van der Waals surface area contributed by atoms with Crippen molar-refractivity contribution in [3.63, 3.8) is 0 Å². The number of hydrogen-bond donors (Lipinski definition) is 0. The van der Waals surface area contributed by atoms with Crippen molar-refractivity contribution in [2.75, 3.05) is 52.9 Å². The van der Waals surface area contributed by atoms with Crippen LogP contribution in [0, 0.1) is 15.3 Å². The molecule has 0 N–H and O–H groups in total. The van der Waals surface area contributed by atoms with E-state index >= 15 is 0 Å². The first-order chi connectivity index (χ1) is 25.5. The van der Waals surface area contributed by atoms with Crippen LogP contribution in [-0.4, -0.2) is 57.9 Å². The van der Waals surface area contributed by atoms with Crippen LogP contribution in [0.25, 0.3) is 0 Å². The van der Waals surface area contributed by atoms with E-state index in [4.69, 9.17) is 43.7 Å². The van der Waals surface area contributed by atoms with Crippen LogP contribution in [0.3, 0.4) is 0 Å². The van der Waals surface area contributed by atoms with Crippen molar-refractivity contribution >= 4 is 0 Å². The van der Waals surface area contributed by atoms with Crippen LogP contribution in [0.1, 0.15) is 44.5 Å². The van der Waals surface area contributed by atoms with Crippen molar-refractivity contribution in [3.05, 3.63) is 169 Å². The Bertz CT molecular complexity index is 1720. The standard InChI is InChI=1S/C42H42O6.Cs.NO3/c1-2-16-40-39(15-1)45-21-17-43-19-23-47-41-35-11-5-12-36(41)28-32-8-4-10-34(26-32)30-38-14-6-13-37(29-33-9-3-7-31(25-33)27-35)42(38)48-24-20-44-18-22-46-40;;2-1(3)4/h1-16,25-26H,17-24,27-30H2;;/q;+1;-1. The third kappa shape index (κ3) is 12.5. The monoisotopic (exact) mass is 837 g/mol. The number of nitrogens with zero attached hydrogens (tertiary/aromatic N) is 1. The predicted octanol–water partition coefficient (Wildman–Crippen LogP) is 4.39. The molecule has 1 aliphatic carbocycles. The summed E-state index contributed by atoms with van der Waals surface area (Å²) in [7, 11) is 0. The van der Waals surface area contributed by atoms with Gasteiger partial charge in [-0.1, -0.05) is 97.1 Å². The molecule has 270 valence electrons. The fourth-order valence-corrected chi connectivity index (χ4v) is 6.50. The fourth-order valence-electron chi connectivity index (χ4n) is 6.50. The summed E-state index contributed by atoms with van der Waals surface area (Å²) in [5.74, 6) is 3.26. The maximum atomic E-state index is 8.25. The minimum absolute atomic E-state index is 0. The van der Waals surface area contributed by atoms with Crippen LogP contribution >= 0.6 is 0 Å². The van der Waals surface area contributed by atoms with Crippen molar-refractivity contribution in [2.24, 2.45) is 0 Å². The molecule has 0 spiro atoms. The molecule has 0 atom stereocenters. The predicted molar refractivity (Wildman–Crippen MR) is 197 cm³/mol. The molecule has 0 fully saturated rings. The molecule has 0 radical (unpaired) electrons. The van der Waals surface area contributed by atoms with Crippen molar-refractivity contribution < 1.29 is 102 Å². The number of para-hydroxylation sites is 4. The molecule has 11 heteroatoms. The molecule has 0 amide bonds. The second kappa shape index (κ2) is 21.4. The summed E-state index contributed by atoms with van der Waals surface area (Å²) in [6, 6.07) is 38.5. The number of benzene rings is 5. The third-order valence-corrected chi connectivity index (χ3v) is 8.69. The normalized spacial score (nSPS) is 14.8. The zero-order chi connectivity index (χ0) is 36.0. The maximum absolute atomic E-state index is 8.25. The topological polar surface area (TPSA) is 122 Å². The fraction of sp³-hybridized carbons (Fsp3) is 0.286. The second-order valence-corrected chi connectivity index (χ2v) is 12.4. The average Bonchev–Trinajstić information content (AvgIpc) is 3.12. The first kappa shape index (κ1) is 40.7. The van der Waals surface area contributed by atoms with Gasteiger partial charge in [0.05, 0.1) is 31.5 Å². The molecule has 0 unspecified atom stereocenters. The van der Waals surface area contributed by atoms with Gasteiger partial charge in [0, 0.05) is 25.7 Å². The van der Waals surface area contributed by atoms with Gasteiger partial charge < -0.3 is 43.7 Å². The molecule has 2 aliphatic heterocycles. The Morgan fingerprint density at radius 1 is 0.415 bits per heavy atom. The molecule has 10 nitrogen and oxygen atoms in total. The van der Waals surface area contributed by atoms with Crippen molar-refractivity contribution in [1.29, 1.82) is 0 Å². The van der Waals surface area contributed by atoms with Crippen LogP contribution in [-0.2, 0) is 35.2 Å². The van der Waals surface area contributed by atoms with E-state index in [0.29, 0.717) is 64.4 Å².